The Morgan fingerprint density at radius 3 is 2.56 bits per heavy atom. The lowest BCUT2D eigenvalue weighted by atomic mass is 10.1. The van der Waals surface area contributed by atoms with E-state index in [1.54, 1.807) is 12.1 Å². The van der Waals surface area contributed by atoms with Crippen molar-refractivity contribution >= 4 is 17.5 Å². The molecule has 0 aliphatic heterocycles. The van der Waals surface area contributed by atoms with Gasteiger partial charge in [0.25, 0.3) is 0 Å². The number of nitrogens with zero attached hydrogens (tertiary/aromatic N) is 2. The van der Waals surface area contributed by atoms with E-state index in [2.05, 4.69) is 15.5 Å². The fraction of sp³-hybridized carbons (Fsp3) is 0.190. The second-order valence-electron chi connectivity index (χ2n) is 6.21. The van der Waals surface area contributed by atoms with Crippen LogP contribution in [0.5, 0.6) is 0 Å². The van der Waals surface area contributed by atoms with Gasteiger partial charge in [-0.15, -0.1) is 10.2 Å². The Morgan fingerprint density at radius 1 is 1.11 bits per heavy atom. The van der Waals surface area contributed by atoms with Crippen LogP contribution in [-0.2, 0) is 11.2 Å². The zero-order chi connectivity index (χ0) is 19.2. The summed E-state index contributed by atoms with van der Waals surface area (Å²) in [5.41, 5.74) is 11.3. The molecule has 1 aromatic heterocycles. The summed E-state index contributed by atoms with van der Waals surface area (Å²) in [6.07, 6.45) is 0.781. The molecular formula is C21H22N4O2. The fourth-order valence-corrected chi connectivity index (χ4v) is 2.80. The van der Waals surface area contributed by atoms with Gasteiger partial charge in [0.15, 0.2) is 5.82 Å². The van der Waals surface area contributed by atoms with Crippen molar-refractivity contribution in [2.24, 2.45) is 0 Å². The molecule has 0 spiro atoms. The standard InChI is InChI=1S/C21H22N4O2/c1-14-5-3-4-6-17(14)18-13-19(20(22)25-24-18)23-12-11-15-7-9-16(10-8-15)21(26)27-2/h3-10,13H,11-12H2,1-2H3,(H2,22,25)(H,23,24). The maximum absolute atomic E-state index is 11.5. The number of aromatic nitrogens is 2. The van der Waals surface area contributed by atoms with Crippen molar-refractivity contribution in [3.8, 4) is 11.3 Å². The normalized spacial score (nSPS) is 10.4. The molecule has 0 saturated heterocycles. The van der Waals surface area contributed by atoms with Crippen molar-refractivity contribution in [1.82, 2.24) is 10.2 Å². The number of nitrogens with one attached hydrogen (secondary N) is 1. The highest BCUT2D eigenvalue weighted by atomic mass is 16.5. The summed E-state index contributed by atoms with van der Waals surface area (Å²) in [4.78, 5) is 11.5. The SMILES string of the molecule is COC(=O)c1ccc(CCNc2cc(-c3ccccc3C)nnc2N)cc1. The lowest BCUT2D eigenvalue weighted by Crippen LogP contribution is -2.09. The Labute approximate surface area is 158 Å². The first-order valence-corrected chi connectivity index (χ1v) is 8.69. The zero-order valence-electron chi connectivity index (χ0n) is 15.4. The molecule has 0 aliphatic carbocycles. The number of hydrogen-bond donors (Lipinski definition) is 2. The van der Waals surface area contributed by atoms with Crippen LogP contribution >= 0.6 is 0 Å². The van der Waals surface area contributed by atoms with Gasteiger partial charge in [-0.3, -0.25) is 0 Å². The molecule has 0 bridgehead atoms. The van der Waals surface area contributed by atoms with Crippen molar-refractivity contribution in [3.63, 3.8) is 0 Å². The number of benzene rings is 2. The van der Waals surface area contributed by atoms with Crippen molar-refractivity contribution < 1.29 is 9.53 Å². The molecule has 3 aromatic rings. The first-order chi connectivity index (χ1) is 13.1. The van der Waals surface area contributed by atoms with Crippen LogP contribution in [0.15, 0.2) is 54.6 Å². The summed E-state index contributed by atoms with van der Waals surface area (Å²) < 4.78 is 4.71. The zero-order valence-corrected chi connectivity index (χ0v) is 15.4. The van der Waals surface area contributed by atoms with Gasteiger partial charge < -0.3 is 15.8 Å². The van der Waals surface area contributed by atoms with Crippen molar-refractivity contribution in [2.75, 3.05) is 24.7 Å². The van der Waals surface area contributed by atoms with E-state index in [0.717, 1.165) is 34.5 Å². The number of nitrogen functional groups attached to an aromatic ring is 1. The highest BCUT2D eigenvalue weighted by molar-refractivity contribution is 5.89. The molecule has 0 aliphatic rings. The molecule has 0 amide bonds. The molecule has 3 N–H and O–H groups in total. The molecule has 27 heavy (non-hydrogen) atoms. The Bertz CT molecular complexity index is 939. The van der Waals surface area contributed by atoms with E-state index in [4.69, 9.17) is 10.5 Å². The van der Waals surface area contributed by atoms with E-state index in [1.165, 1.54) is 7.11 Å². The van der Waals surface area contributed by atoms with Gasteiger partial charge in [0.05, 0.1) is 24.1 Å². The van der Waals surface area contributed by atoms with Crippen molar-refractivity contribution in [3.05, 3.63) is 71.3 Å². The third-order valence-electron chi connectivity index (χ3n) is 4.35. The number of hydrogen-bond acceptors (Lipinski definition) is 6. The number of aryl methyl sites for hydroxylation is 1. The first-order valence-electron chi connectivity index (χ1n) is 8.69. The quantitative estimate of drug-likeness (QED) is 0.653. The third kappa shape index (κ3) is 4.41. The summed E-state index contributed by atoms with van der Waals surface area (Å²) in [7, 11) is 1.37. The van der Waals surface area contributed by atoms with Crippen LogP contribution in [-0.4, -0.2) is 29.8 Å². The molecule has 0 unspecified atom stereocenters. The van der Waals surface area contributed by atoms with Crippen LogP contribution < -0.4 is 11.1 Å². The summed E-state index contributed by atoms with van der Waals surface area (Å²) in [6.45, 7) is 2.72. The fourth-order valence-electron chi connectivity index (χ4n) is 2.80. The number of carbonyl (C=O) groups is 1. The minimum atomic E-state index is -0.334. The van der Waals surface area contributed by atoms with Crippen LogP contribution in [0.2, 0.25) is 0 Å². The number of anilines is 2. The van der Waals surface area contributed by atoms with E-state index < -0.39 is 0 Å². The van der Waals surface area contributed by atoms with Crippen LogP contribution in [0.3, 0.4) is 0 Å². The van der Waals surface area contributed by atoms with Gasteiger partial charge in [-0.2, -0.15) is 0 Å². The first kappa shape index (κ1) is 18.4. The topological polar surface area (TPSA) is 90.1 Å². The van der Waals surface area contributed by atoms with E-state index in [0.29, 0.717) is 17.9 Å². The molecule has 138 valence electrons. The number of methoxy groups -OCH3 is 1. The van der Waals surface area contributed by atoms with Crippen LogP contribution in [0.25, 0.3) is 11.3 Å². The largest absolute Gasteiger partial charge is 0.465 e. The Balaban J connectivity index is 1.67. The van der Waals surface area contributed by atoms with Crippen molar-refractivity contribution in [1.29, 1.82) is 0 Å². The lowest BCUT2D eigenvalue weighted by molar-refractivity contribution is 0.0600. The number of esters is 1. The van der Waals surface area contributed by atoms with E-state index in [1.807, 2.05) is 49.4 Å². The molecule has 3 rings (SSSR count). The maximum atomic E-state index is 11.5. The Kier molecular flexibility index (Phi) is 5.66. The van der Waals surface area contributed by atoms with Gasteiger partial charge in [-0.25, -0.2) is 4.79 Å². The van der Waals surface area contributed by atoms with Crippen LogP contribution in [0.1, 0.15) is 21.5 Å². The smallest absolute Gasteiger partial charge is 0.337 e. The molecule has 6 nitrogen and oxygen atoms in total. The number of nitrogens with two attached hydrogens (primary N) is 1. The average Bonchev–Trinajstić information content (AvgIpc) is 2.70. The Morgan fingerprint density at radius 2 is 1.85 bits per heavy atom. The minimum Gasteiger partial charge on any atom is -0.465 e. The predicted molar refractivity (Wildman–Crippen MR) is 107 cm³/mol. The third-order valence-corrected chi connectivity index (χ3v) is 4.35. The van der Waals surface area contributed by atoms with E-state index in [9.17, 15) is 4.79 Å². The monoisotopic (exact) mass is 362 g/mol. The van der Waals surface area contributed by atoms with Gasteiger partial charge >= 0.3 is 5.97 Å². The van der Waals surface area contributed by atoms with Gasteiger partial charge in [-0.05, 0) is 42.7 Å². The van der Waals surface area contributed by atoms with Gasteiger partial charge in [0, 0.05) is 12.1 Å². The summed E-state index contributed by atoms with van der Waals surface area (Å²) >= 11 is 0. The molecule has 1 heterocycles. The van der Waals surface area contributed by atoms with Gasteiger partial charge in [0.2, 0.25) is 0 Å². The lowest BCUT2D eigenvalue weighted by Gasteiger charge is -2.11. The summed E-state index contributed by atoms with van der Waals surface area (Å²) in [6, 6.07) is 17.3. The van der Waals surface area contributed by atoms with Gasteiger partial charge in [-0.1, -0.05) is 36.4 Å². The molecule has 0 fully saturated rings. The summed E-state index contributed by atoms with van der Waals surface area (Å²) in [5, 5.41) is 11.6. The molecule has 0 saturated carbocycles. The molecule has 6 heteroatoms. The van der Waals surface area contributed by atoms with Crippen molar-refractivity contribution in [2.45, 2.75) is 13.3 Å². The van der Waals surface area contributed by atoms with E-state index >= 15 is 0 Å². The maximum Gasteiger partial charge on any atom is 0.337 e. The van der Waals surface area contributed by atoms with E-state index in [-0.39, 0.29) is 5.97 Å². The van der Waals surface area contributed by atoms with Crippen LogP contribution in [0, 0.1) is 6.92 Å². The predicted octanol–water partition coefficient (Wildman–Crippen LogP) is 3.48. The molecule has 0 radical (unpaired) electrons. The molecule has 2 aromatic carbocycles. The van der Waals surface area contributed by atoms with Gasteiger partial charge in [0.1, 0.15) is 0 Å². The second kappa shape index (κ2) is 8.31. The summed E-state index contributed by atoms with van der Waals surface area (Å²) in [5.74, 6) is 0.0346. The minimum absolute atomic E-state index is 0.334. The highest BCUT2D eigenvalue weighted by Crippen LogP contribution is 2.25. The second-order valence-corrected chi connectivity index (χ2v) is 6.21. The molecule has 0 atom stereocenters. The molecular weight excluding hydrogens is 340 g/mol. The number of carbonyl (C=O) groups excluding carboxylic acids is 1. The average molecular weight is 362 g/mol. The number of rotatable bonds is 6. The number of ether oxygens (including phenoxy) is 1. The van der Waals surface area contributed by atoms with Crippen LogP contribution in [0.4, 0.5) is 11.5 Å². The highest BCUT2D eigenvalue weighted by Gasteiger charge is 2.08. The Hall–Kier alpha value is -3.41.